The standard InChI is InChI=1S/C22H28O6/c1-17(21(23)22(24)25-2)20(15-26-13-18-9-5-3-6-10-18)28-16-27-14-19-11-7-4-8-12-19/h3-12,17,20-21,23H,13-16H2,1-2H3/t17-,20-,21+/m1/s1. The van der Waals surface area contributed by atoms with Crippen LogP contribution in [0.4, 0.5) is 0 Å². The average Bonchev–Trinajstić information content (AvgIpc) is 2.75. The summed E-state index contributed by atoms with van der Waals surface area (Å²) in [6.45, 7) is 2.76. The summed E-state index contributed by atoms with van der Waals surface area (Å²) in [5.74, 6) is -1.22. The third kappa shape index (κ3) is 7.40. The van der Waals surface area contributed by atoms with Crippen molar-refractivity contribution >= 4 is 5.97 Å². The Kier molecular flexibility index (Phi) is 9.65. The van der Waals surface area contributed by atoms with Gasteiger partial charge in [-0.2, -0.15) is 0 Å². The molecule has 0 heterocycles. The van der Waals surface area contributed by atoms with Crippen molar-refractivity contribution in [2.24, 2.45) is 5.92 Å². The van der Waals surface area contributed by atoms with E-state index in [4.69, 9.17) is 14.2 Å². The van der Waals surface area contributed by atoms with Gasteiger partial charge in [0.25, 0.3) is 0 Å². The number of hydrogen-bond acceptors (Lipinski definition) is 6. The van der Waals surface area contributed by atoms with Crippen LogP contribution in [0.15, 0.2) is 60.7 Å². The first kappa shape index (κ1) is 22.0. The van der Waals surface area contributed by atoms with Crippen molar-refractivity contribution in [3.63, 3.8) is 0 Å². The Morgan fingerprint density at radius 3 is 2.00 bits per heavy atom. The number of carbonyl (C=O) groups excluding carboxylic acids is 1. The third-order valence-corrected chi connectivity index (χ3v) is 4.40. The van der Waals surface area contributed by atoms with Gasteiger partial charge in [-0.15, -0.1) is 0 Å². The van der Waals surface area contributed by atoms with Gasteiger partial charge in [0.2, 0.25) is 0 Å². The second-order valence-corrected chi connectivity index (χ2v) is 6.48. The molecule has 0 radical (unpaired) electrons. The molecule has 0 bridgehead atoms. The maximum Gasteiger partial charge on any atom is 0.335 e. The lowest BCUT2D eigenvalue weighted by Gasteiger charge is -2.26. The van der Waals surface area contributed by atoms with Crippen LogP contribution in [-0.4, -0.2) is 43.8 Å². The van der Waals surface area contributed by atoms with Crippen molar-refractivity contribution in [1.29, 1.82) is 0 Å². The number of hydrogen-bond donors (Lipinski definition) is 1. The molecule has 6 nitrogen and oxygen atoms in total. The lowest BCUT2D eigenvalue weighted by Crippen LogP contribution is -2.40. The van der Waals surface area contributed by atoms with Crippen LogP contribution in [0.3, 0.4) is 0 Å². The number of ether oxygens (including phenoxy) is 4. The van der Waals surface area contributed by atoms with Crippen LogP contribution in [0.1, 0.15) is 18.1 Å². The molecule has 152 valence electrons. The molecule has 0 saturated heterocycles. The molecule has 6 heteroatoms. The van der Waals surface area contributed by atoms with Crippen molar-refractivity contribution in [2.75, 3.05) is 20.5 Å². The highest BCUT2D eigenvalue weighted by Crippen LogP contribution is 2.16. The molecule has 0 amide bonds. The Bertz CT molecular complexity index is 676. The van der Waals surface area contributed by atoms with Gasteiger partial charge in [0.05, 0.1) is 33.0 Å². The highest BCUT2D eigenvalue weighted by Gasteiger charge is 2.31. The SMILES string of the molecule is COC(=O)[C@@H](O)[C@H](C)[C@@H](COCc1ccccc1)OCOCc1ccccc1. The van der Waals surface area contributed by atoms with Gasteiger partial charge in [-0.25, -0.2) is 4.79 Å². The lowest BCUT2D eigenvalue weighted by atomic mass is 9.98. The monoisotopic (exact) mass is 388 g/mol. The first-order valence-corrected chi connectivity index (χ1v) is 9.22. The fraction of sp³-hybridized carbons (Fsp3) is 0.409. The zero-order chi connectivity index (χ0) is 20.2. The number of aliphatic hydroxyl groups is 1. The number of methoxy groups -OCH3 is 1. The van der Waals surface area contributed by atoms with Crippen LogP contribution >= 0.6 is 0 Å². The van der Waals surface area contributed by atoms with E-state index in [-0.39, 0.29) is 13.4 Å². The van der Waals surface area contributed by atoms with Crippen molar-refractivity contribution in [2.45, 2.75) is 32.3 Å². The molecule has 0 unspecified atom stereocenters. The van der Waals surface area contributed by atoms with Crippen molar-refractivity contribution in [1.82, 2.24) is 0 Å². The van der Waals surface area contributed by atoms with Gasteiger partial charge in [0.15, 0.2) is 6.10 Å². The molecule has 0 aliphatic heterocycles. The minimum atomic E-state index is -1.30. The first-order valence-electron chi connectivity index (χ1n) is 9.22. The predicted molar refractivity (Wildman–Crippen MR) is 104 cm³/mol. The molecule has 0 fully saturated rings. The Morgan fingerprint density at radius 1 is 0.929 bits per heavy atom. The fourth-order valence-corrected chi connectivity index (χ4v) is 2.63. The molecule has 2 aromatic carbocycles. The van der Waals surface area contributed by atoms with E-state index in [9.17, 15) is 9.90 Å². The van der Waals surface area contributed by atoms with Crippen molar-refractivity contribution in [3.8, 4) is 0 Å². The summed E-state index contributed by atoms with van der Waals surface area (Å²) in [6.07, 6.45) is -1.84. The molecule has 2 aromatic rings. The summed E-state index contributed by atoms with van der Waals surface area (Å²) in [7, 11) is 1.24. The third-order valence-electron chi connectivity index (χ3n) is 4.40. The molecule has 3 atom stereocenters. The highest BCUT2D eigenvalue weighted by atomic mass is 16.7. The maximum absolute atomic E-state index is 11.7. The summed E-state index contributed by atoms with van der Waals surface area (Å²) in [5.41, 5.74) is 2.06. The molecule has 1 N–H and O–H groups in total. The maximum atomic E-state index is 11.7. The summed E-state index contributed by atoms with van der Waals surface area (Å²) in [4.78, 5) is 11.7. The second kappa shape index (κ2) is 12.3. The summed E-state index contributed by atoms with van der Waals surface area (Å²) >= 11 is 0. The topological polar surface area (TPSA) is 74.2 Å². The van der Waals surface area contributed by atoms with E-state index >= 15 is 0 Å². The van der Waals surface area contributed by atoms with Gasteiger partial charge >= 0.3 is 5.97 Å². The van der Waals surface area contributed by atoms with Crippen molar-refractivity contribution in [3.05, 3.63) is 71.8 Å². The zero-order valence-electron chi connectivity index (χ0n) is 16.3. The van der Waals surface area contributed by atoms with Gasteiger partial charge in [-0.1, -0.05) is 67.6 Å². The van der Waals surface area contributed by atoms with E-state index in [0.29, 0.717) is 13.2 Å². The number of carbonyl (C=O) groups is 1. The van der Waals surface area contributed by atoms with E-state index in [1.165, 1.54) is 7.11 Å². The molecular formula is C22H28O6. The summed E-state index contributed by atoms with van der Waals surface area (Å²) in [6, 6.07) is 19.5. The molecular weight excluding hydrogens is 360 g/mol. The van der Waals surface area contributed by atoms with E-state index in [2.05, 4.69) is 4.74 Å². The number of esters is 1. The summed E-state index contributed by atoms with van der Waals surface area (Å²) < 4.78 is 21.7. The minimum Gasteiger partial charge on any atom is -0.467 e. The average molecular weight is 388 g/mol. The van der Waals surface area contributed by atoms with E-state index < -0.39 is 24.1 Å². The number of benzene rings is 2. The Hall–Kier alpha value is -2.25. The van der Waals surface area contributed by atoms with Crippen molar-refractivity contribution < 1.29 is 28.8 Å². The first-order chi connectivity index (χ1) is 13.6. The van der Waals surface area contributed by atoms with E-state index in [1.807, 2.05) is 60.7 Å². The van der Waals surface area contributed by atoms with Crippen LogP contribution in [0.25, 0.3) is 0 Å². The van der Waals surface area contributed by atoms with Gasteiger partial charge < -0.3 is 24.1 Å². The lowest BCUT2D eigenvalue weighted by molar-refractivity contribution is -0.168. The Labute approximate surface area is 166 Å². The van der Waals surface area contributed by atoms with Gasteiger partial charge in [0, 0.05) is 5.92 Å². The van der Waals surface area contributed by atoms with Crippen LogP contribution in [0.5, 0.6) is 0 Å². The fourth-order valence-electron chi connectivity index (χ4n) is 2.63. The molecule has 0 saturated carbocycles. The molecule has 0 aromatic heterocycles. The normalized spacial score (nSPS) is 14.2. The molecule has 0 aliphatic carbocycles. The second-order valence-electron chi connectivity index (χ2n) is 6.48. The molecule has 28 heavy (non-hydrogen) atoms. The van der Waals surface area contributed by atoms with Crippen LogP contribution in [-0.2, 0) is 37.0 Å². The van der Waals surface area contributed by atoms with Gasteiger partial charge in [-0.05, 0) is 11.1 Å². The van der Waals surface area contributed by atoms with Crippen LogP contribution < -0.4 is 0 Å². The highest BCUT2D eigenvalue weighted by molar-refractivity contribution is 5.74. The Balaban J connectivity index is 1.86. The minimum absolute atomic E-state index is 0.0203. The largest absolute Gasteiger partial charge is 0.467 e. The smallest absolute Gasteiger partial charge is 0.335 e. The Morgan fingerprint density at radius 2 is 1.46 bits per heavy atom. The van der Waals surface area contributed by atoms with E-state index in [0.717, 1.165) is 11.1 Å². The zero-order valence-corrected chi connectivity index (χ0v) is 16.3. The predicted octanol–water partition coefficient (Wildman–Crippen LogP) is 2.93. The molecule has 2 rings (SSSR count). The van der Waals surface area contributed by atoms with Gasteiger partial charge in [-0.3, -0.25) is 0 Å². The molecule has 0 aliphatic rings. The molecule has 0 spiro atoms. The van der Waals surface area contributed by atoms with E-state index in [1.54, 1.807) is 6.92 Å². The van der Waals surface area contributed by atoms with Gasteiger partial charge in [0.1, 0.15) is 6.79 Å². The summed E-state index contributed by atoms with van der Waals surface area (Å²) in [5, 5.41) is 10.2. The quantitative estimate of drug-likeness (QED) is 0.342. The van der Waals surface area contributed by atoms with Crippen LogP contribution in [0.2, 0.25) is 0 Å². The number of rotatable bonds is 12. The number of aliphatic hydroxyl groups excluding tert-OH is 1. The van der Waals surface area contributed by atoms with Crippen LogP contribution in [0, 0.1) is 5.92 Å².